The van der Waals surface area contributed by atoms with Crippen molar-refractivity contribution in [3.63, 3.8) is 0 Å². The molecule has 0 radical (unpaired) electrons. The number of rotatable bonds is 5. The van der Waals surface area contributed by atoms with Crippen LogP contribution in [0.1, 0.15) is 29.5 Å². The summed E-state index contributed by atoms with van der Waals surface area (Å²) in [4.78, 5) is 11.2. The van der Waals surface area contributed by atoms with Crippen molar-refractivity contribution in [1.29, 1.82) is 0 Å². The molecule has 0 atom stereocenters. The van der Waals surface area contributed by atoms with Crippen LogP contribution in [0.25, 0.3) is 0 Å². The SMILES string of the molecule is Cc1ccc(Nc2ncnc(N3CCC(Cc4ccccc4)CC3)c2N)c(C)c1. The molecule has 1 saturated heterocycles. The minimum Gasteiger partial charge on any atom is -0.393 e. The van der Waals surface area contributed by atoms with Crippen molar-refractivity contribution in [3.8, 4) is 0 Å². The van der Waals surface area contributed by atoms with E-state index in [1.54, 1.807) is 6.33 Å². The second-order valence-electron chi connectivity index (χ2n) is 8.02. The second kappa shape index (κ2) is 8.52. The summed E-state index contributed by atoms with van der Waals surface area (Å²) in [5.74, 6) is 2.23. The van der Waals surface area contributed by atoms with Crippen molar-refractivity contribution in [2.24, 2.45) is 5.92 Å². The highest BCUT2D eigenvalue weighted by atomic mass is 15.2. The van der Waals surface area contributed by atoms with E-state index in [-0.39, 0.29) is 0 Å². The molecular formula is C24H29N5. The van der Waals surface area contributed by atoms with Gasteiger partial charge in [-0.05, 0) is 56.2 Å². The summed E-state index contributed by atoms with van der Waals surface area (Å²) < 4.78 is 0. The Bertz CT molecular complexity index is 962. The molecule has 0 unspecified atom stereocenters. The lowest BCUT2D eigenvalue weighted by Crippen LogP contribution is -2.35. The Morgan fingerprint density at radius 3 is 2.52 bits per heavy atom. The van der Waals surface area contributed by atoms with Gasteiger partial charge in [-0.1, -0.05) is 48.0 Å². The van der Waals surface area contributed by atoms with Gasteiger partial charge in [-0.3, -0.25) is 0 Å². The van der Waals surface area contributed by atoms with E-state index in [2.05, 4.69) is 82.6 Å². The summed E-state index contributed by atoms with van der Waals surface area (Å²) in [5.41, 5.74) is 11.9. The first kappa shape index (κ1) is 19.2. The van der Waals surface area contributed by atoms with E-state index in [4.69, 9.17) is 5.73 Å². The van der Waals surface area contributed by atoms with Gasteiger partial charge in [-0.2, -0.15) is 0 Å². The van der Waals surface area contributed by atoms with E-state index in [9.17, 15) is 0 Å². The number of benzene rings is 2. The van der Waals surface area contributed by atoms with Crippen LogP contribution >= 0.6 is 0 Å². The Labute approximate surface area is 173 Å². The van der Waals surface area contributed by atoms with E-state index in [1.165, 1.54) is 16.7 Å². The van der Waals surface area contributed by atoms with Crippen molar-refractivity contribution >= 4 is 23.0 Å². The largest absolute Gasteiger partial charge is 0.393 e. The normalized spacial score (nSPS) is 14.8. The van der Waals surface area contributed by atoms with Crippen LogP contribution in [-0.2, 0) is 6.42 Å². The molecule has 3 aromatic rings. The lowest BCUT2D eigenvalue weighted by molar-refractivity contribution is 0.402. The molecular weight excluding hydrogens is 358 g/mol. The van der Waals surface area contributed by atoms with Crippen LogP contribution in [0.2, 0.25) is 0 Å². The molecule has 29 heavy (non-hydrogen) atoms. The van der Waals surface area contributed by atoms with E-state index in [0.717, 1.165) is 43.9 Å². The highest BCUT2D eigenvalue weighted by Gasteiger charge is 2.23. The van der Waals surface area contributed by atoms with E-state index in [0.29, 0.717) is 17.4 Å². The first-order valence-electron chi connectivity index (χ1n) is 10.3. The molecule has 1 aliphatic heterocycles. The van der Waals surface area contributed by atoms with Crippen LogP contribution in [0.4, 0.5) is 23.0 Å². The maximum Gasteiger partial charge on any atom is 0.159 e. The summed E-state index contributed by atoms with van der Waals surface area (Å²) in [6.07, 6.45) is 5.05. The molecule has 4 rings (SSSR count). The summed E-state index contributed by atoms with van der Waals surface area (Å²) in [6.45, 7) is 6.13. The van der Waals surface area contributed by atoms with Gasteiger partial charge < -0.3 is 16.0 Å². The summed E-state index contributed by atoms with van der Waals surface area (Å²) >= 11 is 0. The molecule has 5 nitrogen and oxygen atoms in total. The maximum atomic E-state index is 6.47. The van der Waals surface area contributed by atoms with Gasteiger partial charge in [0.05, 0.1) is 0 Å². The van der Waals surface area contributed by atoms with Gasteiger partial charge >= 0.3 is 0 Å². The Balaban J connectivity index is 1.44. The van der Waals surface area contributed by atoms with Crippen molar-refractivity contribution in [1.82, 2.24) is 9.97 Å². The Kier molecular flexibility index (Phi) is 5.65. The molecule has 2 aromatic carbocycles. The lowest BCUT2D eigenvalue weighted by atomic mass is 9.90. The van der Waals surface area contributed by atoms with Crippen LogP contribution in [-0.4, -0.2) is 23.1 Å². The number of piperidine rings is 1. The van der Waals surface area contributed by atoms with Crippen molar-refractivity contribution in [2.45, 2.75) is 33.1 Å². The third-order valence-electron chi connectivity index (χ3n) is 5.78. The number of nitrogens with one attached hydrogen (secondary N) is 1. The quantitative estimate of drug-likeness (QED) is 0.653. The van der Waals surface area contributed by atoms with Gasteiger partial charge in [-0.15, -0.1) is 0 Å². The van der Waals surface area contributed by atoms with E-state index in [1.807, 2.05) is 0 Å². The Morgan fingerprint density at radius 2 is 1.79 bits per heavy atom. The number of hydrogen-bond acceptors (Lipinski definition) is 5. The van der Waals surface area contributed by atoms with Crippen LogP contribution in [0.3, 0.4) is 0 Å². The van der Waals surface area contributed by atoms with E-state index < -0.39 is 0 Å². The zero-order chi connectivity index (χ0) is 20.2. The average Bonchev–Trinajstić information content (AvgIpc) is 2.73. The first-order chi connectivity index (χ1) is 14.1. The molecule has 1 aromatic heterocycles. The monoisotopic (exact) mass is 387 g/mol. The Morgan fingerprint density at radius 1 is 1.03 bits per heavy atom. The molecule has 3 N–H and O–H groups in total. The van der Waals surface area contributed by atoms with E-state index >= 15 is 0 Å². The lowest BCUT2D eigenvalue weighted by Gasteiger charge is -2.33. The topological polar surface area (TPSA) is 67.1 Å². The fraction of sp³-hybridized carbons (Fsp3) is 0.333. The number of aryl methyl sites for hydroxylation is 2. The number of nitrogen functional groups attached to an aromatic ring is 1. The number of anilines is 4. The first-order valence-corrected chi connectivity index (χ1v) is 10.3. The third-order valence-corrected chi connectivity index (χ3v) is 5.78. The zero-order valence-corrected chi connectivity index (χ0v) is 17.2. The third kappa shape index (κ3) is 4.50. The highest BCUT2D eigenvalue weighted by molar-refractivity contribution is 5.79. The van der Waals surface area contributed by atoms with Crippen molar-refractivity contribution in [3.05, 3.63) is 71.5 Å². The second-order valence-corrected chi connectivity index (χ2v) is 8.02. The summed E-state index contributed by atoms with van der Waals surface area (Å²) in [7, 11) is 0. The summed E-state index contributed by atoms with van der Waals surface area (Å²) in [6, 6.07) is 17.1. The molecule has 1 aliphatic rings. The maximum absolute atomic E-state index is 6.47. The smallest absolute Gasteiger partial charge is 0.159 e. The molecule has 5 heteroatoms. The molecule has 150 valence electrons. The van der Waals surface area contributed by atoms with Crippen molar-refractivity contribution in [2.75, 3.05) is 29.0 Å². The van der Waals surface area contributed by atoms with Gasteiger partial charge in [-0.25, -0.2) is 9.97 Å². The molecule has 0 bridgehead atoms. The van der Waals surface area contributed by atoms with Gasteiger partial charge in [0, 0.05) is 18.8 Å². The minimum atomic E-state index is 0.619. The number of aromatic nitrogens is 2. The fourth-order valence-corrected chi connectivity index (χ4v) is 4.12. The van der Waals surface area contributed by atoms with Gasteiger partial charge in [0.1, 0.15) is 12.0 Å². The van der Waals surface area contributed by atoms with Crippen LogP contribution in [0.5, 0.6) is 0 Å². The predicted octanol–water partition coefficient (Wildman–Crippen LogP) is 4.88. The van der Waals surface area contributed by atoms with Gasteiger partial charge in [0.25, 0.3) is 0 Å². The highest BCUT2D eigenvalue weighted by Crippen LogP contribution is 2.32. The molecule has 0 amide bonds. The zero-order valence-electron chi connectivity index (χ0n) is 17.2. The molecule has 0 spiro atoms. The predicted molar refractivity (Wildman–Crippen MR) is 121 cm³/mol. The minimum absolute atomic E-state index is 0.619. The molecule has 1 fully saturated rings. The standard InChI is InChI=1S/C24H29N5/c1-17-8-9-21(18(2)14-17)28-23-22(25)24(27-16-26-23)29-12-10-20(11-13-29)15-19-6-4-3-5-7-19/h3-9,14,16,20H,10-13,15,25H2,1-2H3,(H,26,27,28). The molecule has 0 saturated carbocycles. The van der Waals surface area contributed by atoms with Crippen LogP contribution < -0.4 is 16.0 Å². The van der Waals surface area contributed by atoms with Crippen LogP contribution in [0, 0.1) is 19.8 Å². The van der Waals surface area contributed by atoms with Crippen molar-refractivity contribution < 1.29 is 0 Å². The Hall–Kier alpha value is -3.08. The molecule has 0 aliphatic carbocycles. The number of nitrogens with zero attached hydrogens (tertiary/aromatic N) is 3. The fourth-order valence-electron chi connectivity index (χ4n) is 4.12. The number of hydrogen-bond donors (Lipinski definition) is 2. The molecule has 2 heterocycles. The van der Waals surface area contributed by atoms with Gasteiger partial charge in [0.15, 0.2) is 11.6 Å². The van der Waals surface area contributed by atoms with Crippen LogP contribution in [0.15, 0.2) is 54.9 Å². The van der Waals surface area contributed by atoms with Gasteiger partial charge in [0.2, 0.25) is 0 Å². The number of nitrogens with two attached hydrogens (primary N) is 1. The average molecular weight is 388 g/mol. The summed E-state index contributed by atoms with van der Waals surface area (Å²) in [5, 5.41) is 3.39.